The maximum Gasteiger partial charge on any atom is 0.323 e. The maximum absolute atomic E-state index is 12.0. The third-order valence-corrected chi connectivity index (χ3v) is 3.67. The minimum Gasteiger partial charge on any atom is -0.480 e. The molecule has 0 spiro atoms. The highest BCUT2D eigenvalue weighted by atomic mass is 16.4. The second kappa shape index (κ2) is 7.81. The number of nitrogens with zero attached hydrogens (tertiary/aromatic N) is 1. The Balaban J connectivity index is 2.49. The molecule has 0 aromatic rings. The van der Waals surface area contributed by atoms with E-state index in [-0.39, 0.29) is 25.2 Å². The third kappa shape index (κ3) is 5.32. The molecule has 1 saturated carbocycles. The monoisotopic (exact) mass is 268 g/mol. The highest BCUT2D eigenvalue weighted by Gasteiger charge is 2.23. The number of carboxylic acids is 1. The Hall–Kier alpha value is -1.52. The minimum atomic E-state index is -1.01. The lowest BCUT2D eigenvalue weighted by Gasteiger charge is -2.30. The Labute approximate surface area is 114 Å². The van der Waals surface area contributed by atoms with Gasteiger partial charge in [0.1, 0.15) is 6.54 Å². The van der Waals surface area contributed by atoms with Crippen molar-refractivity contribution in [2.75, 3.05) is 13.1 Å². The summed E-state index contributed by atoms with van der Waals surface area (Å²) in [4.78, 5) is 24.0. The standard InChI is InChI=1S/C14H24N2O3/c1-3-9-16(10-13(17)18)14(19)15-11(2)12-7-5-4-6-8-12/h3,11-12H,1,4-10H2,2H3,(H,15,19)(H,17,18). The number of nitrogens with one attached hydrogen (secondary N) is 1. The van der Waals surface area contributed by atoms with Crippen molar-refractivity contribution in [3.8, 4) is 0 Å². The van der Waals surface area contributed by atoms with Crippen LogP contribution in [0, 0.1) is 5.92 Å². The van der Waals surface area contributed by atoms with Crippen molar-refractivity contribution in [1.82, 2.24) is 10.2 Å². The lowest BCUT2D eigenvalue weighted by molar-refractivity contribution is -0.137. The van der Waals surface area contributed by atoms with Crippen LogP contribution in [0.15, 0.2) is 12.7 Å². The molecule has 1 aliphatic carbocycles. The van der Waals surface area contributed by atoms with E-state index in [0.29, 0.717) is 5.92 Å². The van der Waals surface area contributed by atoms with Crippen LogP contribution in [-0.4, -0.2) is 41.1 Å². The average Bonchev–Trinajstić information content (AvgIpc) is 2.38. The zero-order valence-electron chi connectivity index (χ0n) is 11.6. The van der Waals surface area contributed by atoms with Gasteiger partial charge in [-0.15, -0.1) is 6.58 Å². The van der Waals surface area contributed by atoms with Gasteiger partial charge in [-0.3, -0.25) is 4.79 Å². The van der Waals surface area contributed by atoms with Gasteiger partial charge < -0.3 is 15.3 Å². The summed E-state index contributed by atoms with van der Waals surface area (Å²) in [7, 11) is 0. The van der Waals surface area contributed by atoms with E-state index >= 15 is 0 Å². The molecular weight excluding hydrogens is 244 g/mol. The number of carboxylic acid groups (broad SMARTS) is 1. The molecule has 1 fully saturated rings. The zero-order valence-corrected chi connectivity index (χ0v) is 11.6. The number of hydrogen-bond donors (Lipinski definition) is 2. The molecule has 0 radical (unpaired) electrons. The van der Waals surface area contributed by atoms with Gasteiger partial charge in [0.15, 0.2) is 0 Å². The molecular formula is C14H24N2O3. The molecule has 19 heavy (non-hydrogen) atoms. The summed E-state index contributed by atoms with van der Waals surface area (Å²) in [6, 6.07) is -0.228. The van der Waals surface area contributed by atoms with E-state index in [1.54, 1.807) is 0 Å². The first-order valence-corrected chi connectivity index (χ1v) is 6.92. The first-order valence-electron chi connectivity index (χ1n) is 6.92. The van der Waals surface area contributed by atoms with Crippen LogP contribution in [0.25, 0.3) is 0 Å². The highest BCUT2D eigenvalue weighted by molar-refractivity contribution is 5.80. The molecule has 0 aromatic carbocycles. The Morgan fingerprint density at radius 1 is 1.42 bits per heavy atom. The second-order valence-electron chi connectivity index (χ2n) is 5.20. The SMILES string of the molecule is C=CCN(CC(=O)O)C(=O)NC(C)C1CCCCC1. The predicted octanol–water partition coefficient (Wildman–Crippen LogP) is 2.24. The van der Waals surface area contributed by atoms with Crippen molar-refractivity contribution in [1.29, 1.82) is 0 Å². The van der Waals surface area contributed by atoms with E-state index in [9.17, 15) is 9.59 Å². The molecule has 1 atom stereocenters. The topological polar surface area (TPSA) is 69.6 Å². The summed E-state index contributed by atoms with van der Waals surface area (Å²) in [5, 5.41) is 11.7. The van der Waals surface area contributed by atoms with Gasteiger partial charge in [0.05, 0.1) is 0 Å². The lowest BCUT2D eigenvalue weighted by Crippen LogP contribution is -2.48. The zero-order chi connectivity index (χ0) is 14.3. The molecule has 0 aliphatic heterocycles. The van der Waals surface area contributed by atoms with Gasteiger partial charge in [0, 0.05) is 12.6 Å². The first kappa shape index (κ1) is 15.5. The Morgan fingerprint density at radius 2 is 2.05 bits per heavy atom. The largest absolute Gasteiger partial charge is 0.480 e. The van der Waals surface area contributed by atoms with Crippen molar-refractivity contribution in [3.05, 3.63) is 12.7 Å². The number of aliphatic carboxylic acids is 1. The van der Waals surface area contributed by atoms with Gasteiger partial charge in [-0.05, 0) is 25.7 Å². The van der Waals surface area contributed by atoms with Crippen molar-refractivity contribution in [3.63, 3.8) is 0 Å². The maximum atomic E-state index is 12.0. The summed E-state index contributed by atoms with van der Waals surface area (Å²) >= 11 is 0. The predicted molar refractivity (Wildman–Crippen MR) is 74.0 cm³/mol. The van der Waals surface area contributed by atoms with Crippen LogP contribution in [0.1, 0.15) is 39.0 Å². The van der Waals surface area contributed by atoms with E-state index < -0.39 is 5.97 Å². The molecule has 1 rings (SSSR count). The van der Waals surface area contributed by atoms with E-state index in [0.717, 1.165) is 12.8 Å². The van der Waals surface area contributed by atoms with Gasteiger partial charge >= 0.3 is 12.0 Å². The number of carbonyl (C=O) groups is 2. The number of rotatable bonds is 6. The van der Waals surface area contributed by atoms with Crippen molar-refractivity contribution in [2.24, 2.45) is 5.92 Å². The van der Waals surface area contributed by atoms with Crippen LogP contribution in [0.3, 0.4) is 0 Å². The molecule has 1 unspecified atom stereocenters. The van der Waals surface area contributed by atoms with E-state index in [4.69, 9.17) is 5.11 Å². The second-order valence-corrected chi connectivity index (χ2v) is 5.20. The Bertz CT molecular complexity index is 325. The molecule has 1 aliphatic rings. The molecule has 2 N–H and O–H groups in total. The number of carbonyl (C=O) groups excluding carboxylic acids is 1. The van der Waals surface area contributed by atoms with Gasteiger partial charge in [0.25, 0.3) is 0 Å². The van der Waals surface area contributed by atoms with Crippen molar-refractivity contribution < 1.29 is 14.7 Å². The molecule has 108 valence electrons. The van der Waals surface area contributed by atoms with Gasteiger partial charge in [-0.25, -0.2) is 4.79 Å². The van der Waals surface area contributed by atoms with E-state index in [1.807, 2.05) is 6.92 Å². The molecule has 5 nitrogen and oxygen atoms in total. The summed E-state index contributed by atoms with van der Waals surface area (Å²) < 4.78 is 0. The number of hydrogen-bond acceptors (Lipinski definition) is 2. The van der Waals surface area contributed by atoms with Crippen LogP contribution in [0.4, 0.5) is 4.79 Å². The molecule has 0 heterocycles. The highest BCUT2D eigenvalue weighted by Crippen LogP contribution is 2.26. The fraction of sp³-hybridized carbons (Fsp3) is 0.714. The van der Waals surface area contributed by atoms with Crippen LogP contribution in [-0.2, 0) is 4.79 Å². The van der Waals surface area contributed by atoms with Gasteiger partial charge in [-0.1, -0.05) is 25.3 Å². The minimum absolute atomic E-state index is 0.0916. The fourth-order valence-corrected chi connectivity index (χ4v) is 2.58. The van der Waals surface area contributed by atoms with Gasteiger partial charge in [-0.2, -0.15) is 0 Å². The average molecular weight is 268 g/mol. The summed E-state index contributed by atoms with van der Waals surface area (Å²) in [5.41, 5.74) is 0. The molecule has 5 heteroatoms. The lowest BCUT2D eigenvalue weighted by atomic mass is 9.84. The summed E-state index contributed by atoms with van der Waals surface area (Å²) in [6.45, 7) is 5.49. The summed E-state index contributed by atoms with van der Waals surface area (Å²) in [6.07, 6.45) is 7.53. The molecule has 2 amide bonds. The van der Waals surface area contributed by atoms with Gasteiger partial charge in [0.2, 0.25) is 0 Å². The molecule has 0 aromatic heterocycles. The Kier molecular flexibility index (Phi) is 6.39. The molecule has 0 bridgehead atoms. The van der Waals surface area contributed by atoms with E-state index in [2.05, 4.69) is 11.9 Å². The van der Waals surface area contributed by atoms with Crippen LogP contribution < -0.4 is 5.32 Å². The smallest absolute Gasteiger partial charge is 0.323 e. The normalized spacial score (nSPS) is 17.5. The number of amides is 2. The first-order chi connectivity index (χ1) is 9.04. The Morgan fingerprint density at radius 3 is 2.58 bits per heavy atom. The van der Waals surface area contributed by atoms with Crippen LogP contribution in [0.5, 0.6) is 0 Å². The van der Waals surface area contributed by atoms with E-state index in [1.165, 1.54) is 30.2 Å². The van der Waals surface area contributed by atoms with Crippen molar-refractivity contribution >= 4 is 12.0 Å². The number of urea groups is 1. The summed E-state index contributed by atoms with van der Waals surface area (Å²) in [5.74, 6) is -0.504. The fourth-order valence-electron chi connectivity index (χ4n) is 2.58. The third-order valence-electron chi connectivity index (χ3n) is 3.67. The quantitative estimate of drug-likeness (QED) is 0.726. The van der Waals surface area contributed by atoms with Crippen LogP contribution >= 0.6 is 0 Å². The van der Waals surface area contributed by atoms with Crippen LogP contribution in [0.2, 0.25) is 0 Å². The van der Waals surface area contributed by atoms with Crippen molar-refractivity contribution in [2.45, 2.75) is 45.1 Å². The molecule has 0 saturated heterocycles.